The molecule has 1 rings (SSSR count). The predicted octanol–water partition coefficient (Wildman–Crippen LogP) is 0.144. The first-order valence-corrected chi connectivity index (χ1v) is 5.99. The third kappa shape index (κ3) is 4.60. The van der Waals surface area contributed by atoms with Gasteiger partial charge in [0, 0.05) is 5.56 Å². The molecular weight excluding hydrogens is 264 g/mol. The molecule has 0 aliphatic heterocycles. The fraction of sp³-hybridized carbons (Fsp3) is 0.308. The summed E-state index contributed by atoms with van der Waals surface area (Å²) in [6.45, 7) is 1.42. The smallest absolute Gasteiger partial charge is 0.326 e. The van der Waals surface area contributed by atoms with Gasteiger partial charge in [-0.2, -0.15) is 0 Å². The summed E-state index contributed by atoms with van der Waals surface area (Å²) in [6.07, 6.45) is 0.293. The highest BCUT2D eigenvalue weighted by Gasteiger charge is 2.18. The van der Waals surface area contributed by atoms with Gasteiger partial charge in [0.1, 0.15) is 11.8 Å². The summed E-state index contributed by atoms with van der Waals surface area (Å²) in [7, 11) is 0. The van der Waals surface area contributed by atoms with Gasteiger partial charge in [-0.1, -0.05) is 6.92 Å². The van der Waals surface area contributed by atoms with Gasteiger partial charge < -0.3 is 20.9 Å². The number of ether oxygens (including phenoxy) is 1. The van der Waals surface area contributed by atoms with E-state index in [1.54, 1.807) is 6.92 Å². The molecule has 2 amide bonds. The lowest BCUT2D eigenvalue weighted by molar-refractivity contribution is -0.139. The zero-order chi connectivity index (χ0) is 15.1. The van der Waals surface area contributed by atoms with Crippen LogP contribution in [0.25, 0.3) is 0 Å². The van der Waals surface area contributed by atoms with Crippen molar-refractivity contribution >= 4 is 17.8 Å². The number of nitrogens with one attached hydrogen (secondary N) is 1. The van der Waals surface area contributed by atoms with Crippen molar-refractivity contribution in [3.63, 3.8) is 0 Å². The van der Waals surface area contributed by atoms with Crippen molar-refractivity contribution in [3.8, 4) is 5.75 Å². The Bertz CT molecular complexity index is 498. The van der Waals surface area contributed by atoms with Gasteiger partial charge in [0.2, 0.25) is 0 Å². The van der Waals surface area contributed by atoms with E-state index in [2.05, 4.69) is 5.32 Å². The topological polar surface area (TPSA) is 119 Å². The lowest BCUT2D eigenvalue weighted by Crippen LogP contribution is -2.40. The molecule has 0 aliphatic rings. The van der Waals surface area contributed by atoms with Crippen molar-refractivity contribution in [1.82, 2.24) is 5.32 Å². The molecule has 0 saturated carbocycles. The quantitative estimate of drug-likeness (QED) is 0.656. The first-order valence-electron chi connectivity index (χ1n) is 5.99. The van der Waals surface area contributed by atoms with Crippen molar-refractivity contribution in [3.05, 3.63) is 29.8 Å². The van der Waals surface area contributed by atoms with Crippen LogP contribution >= 0.6 is 0 Å². The highest BCUT2D eigenvalue weighted by Crippen LogP contribution is 2.12. The maximum absolute atomic E-state index is 11.8. The summed E-state index contributed by atoms with van der Waals surface area (Å²) < 4.78 is 5.04. The van der Waals surface area contributed by atoms with E-state index in [0.717, 1.165) is 0 Å². The van der Waals surface area contributed by atoms with Gasteiger partial charge in [-0.25, -0.2) is 4.79 Å². The summed E-state index contributed by atoms with van der Waals surface area (Å²) in [5.74, 6) is -1.77. The van der Waals surface area contributed by atoms with Crippen LogP contribution in [0.4, 0.5) is 0 Å². The van der Waals surface area contributed by atoms with Crippen molar-refractivity contribution in [2.24, 2.45) is 5.73 Å². The standard InChI is InChI=1S/C13H16N2O5/c1-2-10(13(18)19)15-12(17)8-3-5-9(6-4-8)20-7-11(14)16/h3-6,10H,2,7H2,1H3,(H2,14,16)(H,15,17)(H,18,19)/t10-/m0/s1. The summed E-state index contributed by atoms with van der Waals surface area (Å²) in [5, 5.41) is 11.3. The second kappa shape index (κ2) is 7.13. The maximum atomic E-state index is 11.8. The van der Waals surface area contributed by atoms with Crippen molar-refractivity contribution in [2.45, 2.75) is 19.4 Å². The molecule has 0 bridgehead atoms. The summed E-state index contributed by atoms with van der Waals surface area (Å²) in [4.78, 5) is 33.2. The highest BCUT2D eigenvalue weighted by atomic mass is 16.5. The van der Waals surface area contributed by atoms with Crippen LogP contribution in [0, 0.1) is 0 Å². The molecule has 1 aromatic rings. The van der Waals surface area contributed by atoms with Gasteiger partial charge in [-0.15, -0.1) is 0 Å². The molecule has 4 N–H and O–H groups in total. The van der Waals surface area contributed by atoms with Crippen LogP contribution in [0.5, 0.6) is 5.75 Å². The second-order valence-electron chi connectivity index (χ2n) is 4.05. The third-order valence-electron chi connectivity index (χ3n) is 2.51. The minimum absolute atomic E-state index is 0.248. The number of nitrogens with two attached hydrogens (primary N) is 1. The molecule has 0 heterocycles. The summed E-state index contributed by atoms with van der Waals surface area (Å²) >= 11 is 0. The molecular formula is C13H16N2O5. The monoisotopic (exact) mass is 280 g/mol. The van der Waals surface area contributed by atoms with Crippen LogP contribution in [-0.4, -0.2) is 35.5 Å². The van der Waals surface area contributed by atoms with E-state index in [1.807, 2.05) is 0 Å². The van der Waals surface area contributed by atoms with Gasteiger partial charge in [0.15, 0.2) is 6.61 Å². The molecule has 1 aromatic carbocycles. The molecule has 7 heteroatoms. The van der Waals surface area contributed by atoms with Crippen LogP contribution in [0.2, 0.25) is 0 Å². The van der Waals surface area contributed by atoms with Crippen LogP contribution in [0.3, 0.4) is 0 Å². The number of carboxylic acid groups (broad SMARTS) is 1. The number of rotatable bonds is 7. The van der Waals surface area contributed by atoms with E-state index in [4.69, 9.17) is 15.6 Å². The number of primary amides is 1. The van der Waals surface area contributed by atoms with Crippen molar-refractivity contribution in [2.75, 3.05) is 6.61 Å². The largest absolute Gasteiger partial charge is 0.484 e. The Morgan fingerprint density at radius 3 is 2.35 bits per heavy atom. The zero-order valence-electron chi connectivity index (χ0n) is 11.0. The molecule has 0 unspecified atom stereocenters. The Labute approximate surface area is 115 Å². The zero-order valence-corrected chi connectivity index (χ0v) is 11.0. The molecule has 7 nitrogen and oxygen atoms in total. The molecule has 20 heavy (non-hydrogen) atoms. The van der Waals surface area contributed by atoms with Gasteiger partial charge in [-0.05, 0) is 30.7 Å². The number of aliphatic carboxylic acids is 1. The Hall–Kier alpha value is -2.57. The molecule has 0 spiro atoms. The van der Waals surface area contributed by atoms with E-state index < -0.39 is 23.8 Å². The second-order valence-corrected chi connectivity index (χ2v) is 4.05. The summed E-state index contributed by atoms with van der Waals surface area (Å²) in [6, 6.07) is 5.02. The van der Waals surface area contributed by atoms with Crippen LogP contribution in [-0.2, 0) is 9.59 Å². The minimum Gasteiger partial charge on any atom is -0.484 e. The predicted molar refractivity (Wildman–Crippen MR) is 70.3 cm³/mol. The summed E-state index contributed by atoms with van der Waals surface area (Å²) in [5.41, 5.74) is 5.24. The normalized spacial score (nSPS) is 11.4. The molecule has 0 aromatic heterocycles. The number of benzene rings is 1. The minimum atomic E-state index is -1.08. The SMILES string of the molecule is CC[C@H](NC(=O)c1ccc(OCC(N)=O)cc1)C(=O)O. The Morgan fingerprint density at radius 2 is 1.90 bits per heavy atom. The van der Waals surface area contributed by atoms with E-state index in [9.17, 15) is 14.4 Å². The molecule has 1 atom stereocenters. The van der Waals surface area contributed by atoms with Crippen LogP contribution < -0.4 is 15.8 Å². The van der Waals surface area contributed by atoms with E-state index in [0.29, 0.717) is 17.7 Å². The first kappa shape index (κ1) is 15.5. The number of amides is 2. The Balaban J connectivity index is 2.65. The lowest BCUT2D eigenvalue weighted by atomic mass is 10.1. The van der Waals surface area contributed by atoms with Gasteiger partial charge in [-0.3, -0.25) is 9.59 Å². The van der Waals surface area contributed by atoms with Gasteiger partial charge in [0.05, 0.1) is 0 Å². The number of carbonyl (C=O) groups excluding carboxylic acids is 2. The number of carbonyl (C=O) groups is 3. The van der Waals surface area contributed by atoms with Crippen molar-refractivity contribution in [1.29, 1.82) is 0 Å². The maximum Gasteiger partial charge on any atom is 0.326 e. The third-order valence-corrected chi connectivity index (χ3v) is 2.51. The molecule has 0 fully saturated rings. The fourth-order valence-corrected chi connectivity index (χ4v) is 1.44. The highest BCUT2D eigenvalue weighted by molar-refractivity contribution is 5.96. The molecule has 0 saturated heterocycles. The fourth-order valence-electron chi connectivity index (χ4n) is 1.44. The van der Waals surface area contributed by atoms with E-state index in [1.165, 1.54) is 24.3 Å². The molecule has 0 radical (unpaired) electrons. The molecule has 108 valence electrons. The lowest BCUT2D eigenvalue weighted by Gasteiger charge is -2.12. The van der Waals surface area contributed by atoms with Crippen molar-refractivity contribution < 1.29 is 24.2 Å². The average molecular weight is 280 g/mol. The first-order chi connectivity index (χ1) is 9.43. The Kier molecular flexibility index (Phi) is 5.52. The van der Waals surface area contributed by atoms with Crippen LogP contribution in [0.15, 0.2) is 24.3 Å². The van der Waals surface area contributed by atoms with Gasteiger partial charge >= 0.3 is 5.97 Å². The van der Waals surface area contributed by atoms with Gasteiger partial charge in [0.25, 0.3) is 11.8 Å². The Morgan fingerprint density at radius 1 is 1.30 bits per heavy atom. The van der Waals surface area contributed by atoms with E-state index >= 15 is 0 Å². The number of hydrogen-bond acceptors (Lipinski definition) is 4. The van der Waals surface area contributed by atoms with Crippen LogP contribution in [0.1, 0.15) is 23.7 Å². The average Bonchev–Trinajstić information content (AvgIpc) is 2.42. The molecule has 0 aliphatic carbocycles. The number of carboxylic acids is 1. The van der Waals surface area contributed by atoms with E-state index in [-0.39, 0.29) is 6.61 Å². The number of hydrogen-bond donors (Lipinski definition) is 3.